The van der Waals surface area contributed by atoms with Gasteiger partial charge in [-0.05, 0) is 43.0 Å². The number of nitrogens with one attached hydrogen (secondary N) is 1. The van der Waals surface area contributed by atoms with Crippen molar-refractivity contribution in [2.75, 3.05) is 19.0 Å². The molecule has 1 aliphatic heterocycles. The number of ether oxygens (including phenoxy) is 1. The Morgan fingerprint density at radius 2 is 2.07 bits per heavy atom. The largest absolute Gasteiger partial charge is 0.496 e. The molecule has 0 aliphatic carbocycles. The minimum Gasteiger partial charge on any atom is -0.496 e. The van der Waals surface area contributed by atoms with Crippen molar-refractivity contribution in [2.24, 2.45) is 0 Å². The molecule has 154 valence electrons. The van der Waals surface area contributed by atoms with Crippen LogP contribution in [0.15, 0.2) is 61.1 Å². The molecule has 1 aliphatic rings. The van der Waals surface area contributed by atoms with Crippen LogP contribution in [0.4, 0.5) is 11.6 Å². The molecule has 1 fully saturated rings. The van der Waals surface area contributed by atoms with E-state index < -0.39 is 0 Å². The number of para-hydroxylation sites is 1. The number of pyridine rings is 1. The van der Waals surface area contributed by atoms with Gasteiger partial charge in [0.2, 0.25) is 5.91 Å². The average molecular weight is 403 g/mol. The minimum atomic E-state index is -0.00113. The van der Waals surface area contributed by atoms with Crippen molar-refractivity contribution in [1.82, 2.24) is 19.9 Å². The number of benzene rings is 1. The number of hydrogen-bond acceptors (Lipinski definition) is 6. The van der Waals surface area contributed by atoms with Crippen LogP contribution in [0.3, 0.4) is 0 Å². The Bertz CT molecular complexity index is 996. The lowest BCUT2D eigenvalue weighted by Crippen LogP contribution is -2.31. The van der Waals surface area contributed by atoms with E-state index in [4.69, 9.17) is 9.72 Å². The number of rotatable bonds is 7. The molecule has 1 N–H and O–H groups in total. The second kappa shape index (κ2) is 9.35. The molecule has 1 saturated heterocycles. The number of hydrogen-bond donors (Lipinski definition) is 1. The number of likely N-dealkylation sites (tertiary alicyclic amines) is 1. The molecule has 30 heavy (non-hydrogen) atoms. The molecule has 3 heterocycles. The molecule has 0 radical (unpaired) electrons. The minimum absolute atomic E-state index is 0.00113. The van der Waals surface area contributed by atoms with Gasteiger partial charge in [-0.1, -0.05) is 24.3 Å². The average Bonchev–Trinajstić information content (AvgIpc) is 3.29. The molecule has 1 atom stereocenters. The Kier molecular flexibility index (Phi) is 6.17. The van der Waals surface area contributed by atoms with E-state index in [1.807, 2.05) is 47.4 Å². The Morgan fingerprint density at radius 3 is 2.90 bits per heavy atom. The van der Waals surface area contributed by atoms with Crippen molar-refractivity contribution < 1.29 is 9.53 Å². The fraction of sp³-hybridized carbons (Fsp3) is 0.304. The zero-order valence-corrected chi connectivity index (χ0v) is 17.0. The van der Waals surface area contributed by atoms with Gasteiger partial charge in [0.05, 0.1) is 25.0 Å². The highest BCUT2D eigenvalue weighted by molar-refractivity contribution is 5.77. The van der Waals surface area contributed by atoms with E-state index in [-0.39, 0.29) is 11.9 Å². The zero-order chi connectivity index (χ0) is 20.8. The van der Waals surface area contributed by atoms with Crippen LogP contribution >= 0.6 is 0 Å². The summed E-state index contributed by atoms with van der Waals surface area (Å²) in [6, 6.07) is 13.7. The summed E-state index contributed by atoms with van der Waals surface area (Å²) in [6.07, 6.45) is 7.92. The molecular formula is C23H25N5O2. The molecule has 1 amide bonds. The lowest BCUT2D eigenvalue weighted by molar-refractivity contribution is -0.132. The predicted octanol–water partition coefficient (Wildman–Crippen LogP) is 3.92. The Labute approximate surface area is 176 Å². The van der Waals surface area contributed by atoms with Crippen molar-refractivity contribution in [2.45, 2.75) is 31.7 Å². The first-order valence-corrected chi connectivity index (χ1v) is 10.2. The second-order valence-corrected chi connectivity index (χ2v) is 7.22. The van der Waals surface area contributed by atoms with Gasteiger partial charge in [-0.2, -0.15) is 0 Å². The van der Waals surface area contributed by atoms with Gasteiger partial charge in [0.1, 0.15) is 17.4 Å². The van der Waals surface area contributed by atoms with Crippen LogP contribution in [0.1, 0.15) is 36.6 Å². The molecule has 0 unspecified atom stereocenters. The monoisotopic (exact) mass is 403 g/mol. The molecule has 0 saturated carbocycles. The van der Waals surface area contributed by atoms with Crippen molar-refractivity contribution in [3.05, 3.63) is 72.3 Å². The maximum absolute atomic E-state index is 13.0. The summed E-state index contributed by atoms with van der Waals surface area (Å²) >= 11 is 0. The number of carbonyl (C=O) groups excluding carboxylic acids is 1. The van der Waals surface area contributed by atoms with Crippen LogP contribution in [0.2, 0.25) is 0 Å². The number of amides is 1. The summed E-state index contributed by atoms with van der Waals surface area (Å²) in [5.74, 6) is 2.31. The Hall–Kier alpha value is -3.48. The maximum Gasteiger partial charge on any atom is 0.223 e. The third-order valence-electron chi connectivity index (χ3n) is 5.31. The van der Waals surface area contributed by atoms with Crippen LogP contribution in [0, 0.1) is 0 Å². The van der Waals surface area contributed by atoms with Gasteiger partial charge in [0.15, 0.2) is 0 Å². The van der Waals surface area contributed by atoms with Gasteiger partial charge in [0.25, 0.3) is 0 Å². The van der Waals surface area contributed by atoms with E-state index in [0.717, 1.165) is 36.4 Å². The van der Waals surface area contributed by atoms with E-state index in [1.54, 1.807) is 25.7 Å². The van der Waals surface area contributed by atoms with E-state index in [2.05, 4.69) is 15.3 Å². The standard InChI is InChI=1S/C23H25N5O2/c1-30-20-9-3-2-6-17(20)11-12-23(29)28-15-5-8-19(28)18-7-4-10-21(26-18)27-22-16-24-13-14-25-22/h2-4,6-7,9-10,13-14,16,19H,5,8,11-12,15H2,1H3,(H,25,26,27)/t19-/m0/s1. The third kappa shape index (κ3) is 4.56. The topological polar surface area (TPSA) is 80.2 Å². The van der Waals surface area contributed by atoms with E-state index >= 15 is 0 Å². The lowest BCUT2D eigenvalue weighted by atomic mass is 10.1. The number of nitrogens with zero attached hydrogens (tertiary/aromatic N) is 4. The SMILES string of the molecule is COc1ccccc1CCC(=O)N1CCC[C@H]1c1cccc(Nc2cnccn2)n1. The highest BCUT2D eigenvalue weighted by Gasteiger charge is 2.30. The third-order valence-corrected chi connectivity index (χ3v) is 5.31. The van der Waals surface area contributed by atoms with Gasteiger partial charge < -0.3 is 15.0 Å². The number of aromatic nitrogens is 3. The summed E-state index contributed by atoms with van der Waals surface area (Å²) in [6.45, 7) is 0.763. The zero-order valence-electron chi connectivity index (χ0n) is 17.0. The van der Waals surface area contributed by atoms with Gasteiger partial charge in [0, 0.05) is 25.4 Å². The van der Waals surface area contributed by atoms with Crippen molar-refractivity contribution in [3.8, 4) is 5.75 Å². The first-order valence-electron chi connectivity index (χ1n) is 10.2. The molecule has 7 heteroatoms. The highest BCUT2D eigenvalue weighted by atomic mass is 16.5. The van der Waals surface area contributed by atoms with Crippen LogP contribution in [0.5, 0.6) is 5.75 Å². The Morgan fingerprint density at radius 1 is 1.17 bits per heavy atom. The molecule has 0 bridgehead atoms. The van der Waals surface area contributed by atoms with Crippen molar-refractivity contribution >= 4 is 17.5 Å². The molecule has 3 aromatic rings. The van der Waals surface area contributed by atoms with Gasteiger partial charge in [-0.25, -0.2) is 9.97 Å². The molecule has 1 aromatic carbocycles. The summed E-state index contributed by atoms with van der Waals surface area (Å²) < 4.78 is 5.40. The maximum atomic E-state index is 13.0. The summed E-state index contributed by atoms with van der Waals surface area (Å²) in [4.78, 5) is 28.0. The Balaban J connectivity index is 1.44. The van der Waals surface area contributed by atoms with Gasteiger partial charge in [-0.15, -0.1) is 0 Å². The van der Waals surface area contributed by atoms with Crippen LogP contribution in [-0.2, 0) is 11.2 Å². The summed E-state index contributed by atoms with van der Waals surface area (Å²) in [5, 5.41) is 3.17. The number of carbonyl (C=O) groups is 1. The van der Waals surface area contributed by atoms with Gasteiger partial charge >= 0.3 is 0 Å². The smallest absolute Gasteiger partial charge is 0.223 e. The molecule has 4 rings (SSSR count). The van der Waals surface area contributed by atoms with E-state index in [9.17, 15) is 4.79 Å². The number of anilines is 2. The van der Waals surface area contributed by atoms with Crippen LogP contribution in [0.25, 0.3) is 0 Å². The predicted molar refractivity (Wildman–Crippen MR) is 115 cm³/mol. The van der Waals surface area contributed by atoms with E-state index in [1.165, 1.54) is 0 Å². The lowest BCUT2D eigenvalue weighted by Gasteiger charge is -2.25. The molecule has 0 spiro atoms. The van der Waals surface area contributed by atoms with Gasteiger partial charge in [-0.3, -0.25) is 9.78 Å². The molecular weight excluding hydrogens is 378 g/mol. The van der Waals surface area contributed by atoms with Crippen molar-refractivity contribution in [1.29, 1.82) is 0 Å². The first kappa shape index (κ1) is 19.8. The quantitative estimate of drug-likeness (QED) is 0.644. The fourth-order valence-electron chi connectivity index (χ4n) is 3.87. The highest BCUT2D eigenvalue weighted by Crippen LogP contribution is 2.32. The molecule has 7 nitrogen and oxygen atoms in total. The number of aryl methyl sites for hydroxylation is 1. The number of methoxy groups -OCH3 is 1. The van der Waals surface area contributed by atoms with Crippen LogP contribution < -0.4 is 10.1 Å². The summed E-state index contributed by atoms with van der Waals surface area (Å²) in [7, 11) is 1.66. The molecule has 2 aromatic heterocycles. The van der Waals surface area contributed by atoms with E-state index in [0.29, 0.717) is 24.5 Å². The second-order valence-electron chi connectivity index (χ2n) is 7.22. The van der Waals surface area contributed by atoms with Crippen molar-refractivity contribution in [3.63, 3.8) is 0 Å². The van der Waals surface area contributed by atoms with Crippen LogP contribution in [-0.4, -0.2) is 39.4 Å². The normalized spacial score (nSPS) is 15.8. The fourth-order valence-corrected chi connectivity index (χ4v) is 3.87. The first-order chi connectivity index (χ1) is 14.7. The summed E-state index contributed by atoms with van der Waals surface area (Å²) in [5.41, 5.74) is 1.95.